The summed E-state index contributed by atoms with van der Waals surface area (Å²) in [5.41, 5.74) is -1.25. The molecule has 5 rings (SSSR count). The molecule has 3 heterocycles. The van der Waals surface area contributed by atoms with E-state index in [-0.39, 0.29) is 43.7 Å². The number of nitrogens with zero attached hydrogens (tertiary/aromatic N) is 2. The van der Waals surface area contributed by atoms with Crippen LogP contribution in [-0.2, 0) is 44.6 Å². The van der Waals surface area contributed by atoms with Gasteiger partial charge >= 0.3 is 5.97 Å². The second-order valence-electron chi connectivity index (χ2n) is 19.9. The number of aliphatic hydroxyl groups is 4. The molecule has 0 saturated carbocycles. The molecule has 18 atom stereocenters. The number of hydrogen-bond donors (Lipinski definition) is 5. The molecule has 0 aliphatic carbocycles. The highest BCUT2D eigenvalue weighted by Gasteiger charge is 2.54. The second kappa shape index (κ2) is 21.9. The topological polar surface area (TPSA) is 198 Å². The third-order valence-electron chi connectivity index (χ3n) is 14.6. The van der Waals surface area contributed by atoms with Gasteiger partial charge in [0.1, 0.15) is 23.9 Å². The Labute approximate surface area is 386 Å². The number of esters is 1. The molecule has 0 aromatic heterocycles. The van der Waals surface area contributed by atoms with Crippen molar-refractivity contribution in [2.75, 3.05) is 21.2 Å². The molecule has 3 aliphatic rings. The summed E-state index contributed by atoms with van der Waals surface area (Å²) in [6.07, 6.45) is -9.10. The molecule has 0 radical (unpaired) electrons. The molecule has 3 fully saturated rings. The van der Waals surface area contributed by atoms with Crippen molar-refractivity contribution in [2.24, 2.45) is 28.8 Å². The maximum atomic E-state index is 14.6. The lowest BCUT2D eigenvalue weighted by molar-refractivity contribution is -0.321. The Morgan fingerprint density at radius 1 is 0.831 bits per heavy atom. The van der Waals surface area contributed by atoms with Crippen molar-refractivity contribution in [1.29, 1.82) is 0 Å². The quantitative estimate of drug-likeness (QED) is 0.101. The van der Waals surface area contributed by atoms with Crippen LogP contribution in [0.3, 0.4) is 0 Å². The third-order valence-corrected chi connectivity index (χ3v) is 14.6. The molecule has 3 aliphatic heterocycles. The van der Waals surface area contributed by atoms with Gasteiger partial charge < -0.3 is 63.7 Å². The van der Waals surface area contributed by atoms with Crippen LogP contribution in [0, 0.1) is 23.7 Å². The Balaban J connectivity index is 1.69. The number of methoxy groups -OCH3 is 1. The summed E-state index contributed by atoms with van der Waals surface area (Å²) < 4.78 is 45.9. The zero-order valence-electron chi connectivity index (χ0n) is 40.8. The van der Waals surface area contributed by atoms with Crippen LogP contribution in [0.4, 0.5) is 0 Å². The predicted molar refractivity (Wildman–Crippen MR) is 245 cm³/mol. The molecule has 3 saturated heterocycles. The Morgan fingerprint density at radius 2 is 1.46 bits per heavy atom. The summed E-state index contributed by atoms with van der Waals surface area (Å²) >= 11 is 0. The first kappa shape index (κ1) is 52.9. The maximum Gasteiger partial charge on any atom is 0.311 e. The van der Waals surface area contributed by atoms with Crippen LogP contribution in [0.2, 0.25) is 0 Å². The van der Waals surface area contributed by atoms with E-state index in [1.54, 1.807) is 34.6 Å². The summed E-state index contributed by atoms with van der Waals surface area (Å²) in [5.74, 6) is -4.07. The van der Waals surface area contributed by atoms with Crippen molar-refractivity contribution < 1.29 is 63.6 Å². The summed E-state index contributed by atoms with van der Waals surface area (Å²) in [6, 6.07) is 17.8. The minimum Gasteiger partial charge on any atom is -0.459 e. The smallest absolute Gasteiger partial charge is 0.311 e. The van der Waals surface area contributed by atoms with Gasteiger partial charge in [0.25, 0.3) is 0 Å². The molecule has 15 nitrogen and oxygen atoms in total. The van der Waals surface area contributed by atoms with E-state index >= 15 is 0 Å². The van der Waals surface area contributed by atoms with Gasteiger partial charge in [0.15, 0.2) is 12.6 Å². The summed E-state index contributed by atoms with van der Waals surface area (Å²) in [7, 11) is 5.30. The molecule has 366 valence electrons. The molecule has 0 spiro atoms. The van der Waals surface area contributed by atoms with E-state index in [4.69, 9.17) is 33.2 Å². The number of oxime groups is 1. The van der Waals surface area contributed by atoms with Gasteiger partial charge in [-0.05, 0) is 91.6 Å². The SMILES string of the molecule is CC[C@H]1OC(=O)[C@H](C)[C@@H](O[C@H]2C[C@@](C)(OC)[C@@H](O)[C@H](C)O2)[C@H](C)[C@@H](O[C@@H]2O[C@H](C)C[C@H](N(C)C)[C@H]2O)[C@@](C)(OCc2ccc(-c3ccccc3)cc2)C[C@@H](C)/C(=N\O)[C@H](C)[C@@H](O)[C@]1(C)O. The summed E-state index contributed by atoms with van der Waals surface area (Å²) in [4.78, 5) is 16.5. The lowest BCUT2D eigenvalue weighted by Gasteiger charge is -2.50. The van der Waals surface area contributed by atoms with Crippen LogP contribution >= 0.6 is 0 Å². The van der Waals surface area contributed by atoms with Crippen LogP contribution in [0.25, 0.3) is 11.1 Å². The number of rotatable bonds is 11. The Hall–Kier alpha value is -3.06. The fourth-order valence-electron chi connectivity index (χ4n) is 10.4. The fraction of sp³-hybridized carbons (Fsp3) is 0.720. The van der Waals surface area contributed by atoms with E-state index in [0.29, 0.717) is 6.42 Å². The minimum atomic E-state index is -1.98. The van der Waals surface area contributed by atoms with E-state index in [1.807, 2.05) is 101 Å². The largest absolute Gasteiger partial charge is 0.459 e. The summed E-state index contributed by atoms with van der Waals surface area (Å²) in [6.45, 7) is 17.6. The Morgan fingerprint density at radius 3 is 2.05 bits per heavy atom. The van der Waals surface area contributed by atoms with Gasteiger partial charge in [0.2, 0.25) is 0 Å². The number of likely N-dealkylation sites (N-methyl/N-ethyl adjacent to an activating group) is 1. The van der Waals surface area contributed by atoms with Gasteiger partial charge in [-0.25, -0.2) is 0 Å². The van der Waals surface area contributed by atoms with Crippen LogP contribution in [0.5, 0.6) is 0 Å². The van der Waals surface area contributed by atoms with Crippen molar-refractivity contribution in [1.82, 2.24) is 4.90 Å². The molecule has 0 amide bonds. The van der Waals surface area contributed by atoms with Gasteiger partial charge in [0, 0.05) is 37.3 Å². The van der Waals surface area contributed by atoms with E-state index in [1.165, 1.54) is 14.0 Å². The van der Waals surface area contributed by atoms with Gasteiger partial charge in [-0.15, -0.1) is 0 Å². The maximum absolute atomic E-state index is 14.6. The molecule has 15 heteroatoms. The van der Waals surface area contributed by atoms with Gasteiger partial charge in [-0.1, -0.05) is 87.4 Å². The van der Waals surface area contributed by atoms with Crippen molar-refractivity contribution in [2.45, 2.75) is 186 Å². The first-order valence-electron chi connectivity index (χ1n) is 23.3. The van der Waals surface area contributed by atoms with E-state index in [0.717, 1.165) is 16.7 Å². The normalized spacial score (nSPS) is 42.1. The number of hydrogen-bond acceptors (Lipinski definition) is 15. The zero-order chi connectivity index (χ0) is 48.2. The molecule has 0 bridgehead atoms. The molecule has 5 N–H and O–H groups in total. The molecular weight excluding hydrogens is 837 g/mol. The highest BCUT2D eigenvalue weighted by molar-refractivity contribution is 5.88. The van der Waals surface area contributed by atoms with Crippen molar-refractivity contribution in [3.63, 3.8) is 0 Å². The Kier molecular flexibility index (Phi) is 17.8. The van der Waals surface area contributed by atoms with Crippen LogP contribution in [0.1, 0.15) is 100 Å². The van der Waals surface area contributed by atoms with Gasteiger partial charge in [-0.2, -0.15) is 0 Å². The zero-order valence-corrected chi connectivity index (χ0v) is 40.8. The Bertz CT molecular complexity index is 1850. The number of cyclic esters (lactones) is 1. The van der Waals surface area contributed by atoms with Crippen molar-refractivity contribution >= 4 is 11.7 Å². The van der Waals surface area contributed by atoms with Crippen molar-refractivity contribution in [3.8, 4) is 11.1 Å². The average molecular weight is 915 g/mol. The third kappa shape index (κ3) is 11.8. The highest BCUT2D eigenvalue weighted by Crippen LogP contribution is 2.43. The number of benzene rings is 2. The molecule has 2 aromatic carbocycles. The lowest BCUT2D eigenvalue weighted by atomic mass is 9.73. The monoisotopic (exact) mass is 915 g/mol. The lowest BCUT2D eigenvalue weighted by Crippen LogP contribution is -2.61. The van der Waals surface area contributed by atoms with Gasteiger partial charge in [0.05, 0.1) is 60.0 Å². The second-order valence-corrected chi connectivity index (χ2v) is 19.9. The standard InChI is InChI=1S/C50H78N2O13/c1-14-38-50(10,57)43(54)30(4)40(51-58)28(2)25-49(9,60-27-34-20-22-36(23-21-34)35-18-16-15-17-19-35)45(65-47-41(53)37(52(11)12)24-29(3)61-47)31(5)42(32(6)46(56)63-38)64-39-26-48(8,59-13)44(55)33(7)62-39/h15-23,28-33,37-39,41-45,47,53-55,57-58H,14,24-27H2,1-13H3/b51-40+/t28-,29-,30+,31+,32-,33+,37+,38-,39+,41-,42+,43-,44+,45-,47+,48-,49+,50-/m1/s1. The van der Waals surface area contributed by atoms with E-state index in [9.17, 15) is 30.4 Å². The van der Waals surface area contributed by atoms with Gasteiger partial charge in [-0.3, -0.25) is 4.79 Å². The minimum absolute atomic E-state index is 0.1000. The molecular formula is C50H78N2O13. The first-order valence-corrected chi connectivity index (χ1v) is 23.3. The number of ether oxygens (including phenoxy) is 7. The number of carbonyl (C=O) groups is 1. The fourth-order valence-corrected chi connectivity index (χ4v) is 10.4. The number of aliphatic hydroxyl groups excluding tert-OH is 3. The van der Waals surface area contributed by atoms with E-state index < -0.39 is 102 Å². The van der Waals surface area contributed by atoms with Crippen LogP contribution in [0.15, 0.2) is 59.8 Å². The molecule has 2 aromatic rings. The predicted octanol–water partition coefficient (Wildman–Crippen LogP) is 5.94. The molecule has 0 unspecified atom stereocenters. The molecule has 65 heavy (non-hydrogen) atoms. The average Bonchev–Trinajstić information content (AvgIpc) is 3.27. The highest BCUT2D eigenvalue weighted by atomic mass is 16.7. The van der Waals surface area contributed by atoms with E-state index in [2.05, 4.69) is 5.16 Å². The summed E-state index contributed by atoms with van der Waals surface area (Å²) in [5, 5.41) is 61.4. The first-order chi connectivity index (χ1) is 30.5. The number of carbonyl (C=O) groups excluding carboxylic acids is 1. The van der Waals surface area contributed by atoms with Crippen molar-refractivity contribution in [3.05, 3.63) is 60.2 Å². The van der Waals surface area contributed by atoms with Crippen LogP contribution in [-0.4, -0.2) is 148 Å². The van der Waals surface area contributed by atoms with Crippen LogP contribution < -0.4 is 0 Å².